The number of hydrogen-bond donors (Lipinski definition) is 6. The van der Waals surface area contributed by atoms with Gasteiger partial charge in [-0.15, -0.1) is 0 Å². The molecule has 4 saturated heterocycles. The zero-order valence-corrected chi connectivity index (χ0v) is 77.6. The number of piperidine rings is 1. The van der Waals surface area contributed by atoms with Gasteiger partial charge in [0.1, 0.15) is 53.8 Å². The number of carbonyl (C=O) groups is 6. The molecule has 0 radical (unpaired) electrons. The summed E-state index contributed by atoms with van der Waals surface area (Å²) >= 11 is 0. The lowest BCUT2D eigenvalue weighted by atomic mass is 9.78. The largest absolute Gasteiger partial charge is 0.460 e. The number of rotatable bonds is 34. The highest BCUT2D eigenvalue weighted by molar-refractivity contribution is 6.39. The van der Waals surface area contributed by atoms with Crippen molar-refractivity contribution in [1.82, 2.24) is 49.6 Å². The van der Waals surface area contributed by atoms with E-state index in [1.165, 1.54) is 23.9 Å². The first-order valence-electron chi connectivity index (χ1n) is 46.8. The van der Waals surface area contributed by atoms with Gasteiger partial charge in [-0.3, -0.25) is 29.0 Å². The molecule has 34 heteroatoms. The minimum absolute atomic E-state index is 0.00478. The van der Waals surface area contributed by atoms with Crippen molar-refractivity contribution in [1.29, 1.82) is 0 Å². The number of piperazine rings is 1. The van der Waals surface area contributed by atoms with E-state index in [-0.39, 0.29) is 74.4 Å². The third kappa shape index (κ3) is 26.9. The first kappa shape index (κ1) is 100. The van der Waals surface area contributed by atoms with Crippen LogP contribution >= 0.6 is 0 Å². The number of cyclic esters (lactones) is 1. The number of likely N-dealkylation sites (tertiary alicyclic amines) is 2. The lowest BCUT2D eigenvalue weighted by Crippen LogP contribution is -2.61. The zero-order valence-electron chi connectivity index (χ0n) is 77.6. The monoisotopic (exact) mass is 1810 g/mol. The van der Waals surface area contributed by atoms with Gasteiger partial charge >= 0.3 is 12.1 Å². The van der Waals surface area contributed by atoms with Crippen molar-refractivity contribution >= 4 is 69.4 Å². The second kappa shape index (κ2) is 48.9. The number of benzene rings is 2. The number of ether oxygens (including phenoxy) is 12. The second-order valence-corrected chi connectivity index (χ2v) is 36.4. The first-order chi connectivity index (χ1) is 62.7. The van der Waals surface area contributed by atoms with Crippen LogP contribution in [0.4, 0.5) is 16.6 Å². The van der Waals surface area contributed by atoms with Crippen LogP contribution in [0.1, 0.15) is 155 Å². The molecule has 0 unspecified atom stereocenters. The van der Waals surface area contributed by atoms with E-state index in [0.717, 1.165) is 61.3 Å². The van der Waals surface area contributed by atoms with Crippen molar-refractivity contribution in [3.05, 3.63) is 107 Å². The molecular weight excluding hydrogens is 1670 g/mol. The number of esters is 1. The Morgan fingerprint density at radius 3 is 2.12 bits per heavy atom. The van der Waals surface area contributed by atoms with Crippen molar-refractivity contribution < 1.29 is 105 Å². The number of methoxy groups -OCH3 is 3. The summed E-state index contributed by atoms with van der Waals surface area (Å²) in [5, 5.41) is 44.4. The van der Waals surface area contributed by atoms with Gasteiger partial charge in [0.05, 0.1) is 122 Å². The molecule has 5 aromatic rings. The fourth-order valence-electron chi connectivity index (χ4n) is 19.5. The number of amides is 3. The van der Waals surface area contributed by atoms with Crippen LogP contribution in [0.3, 0.4) is 0 Å². The summed E-state index contributed by atoms with van der Waals surface area (Å²) in [7, 11) is 4.55. The van der Waals surface area contributed by atoms with Crippen molar-refractivity contribution in [2.24, 2.45) is 35.5 Å². The number of allylic oxidation sites excluding steroid dienone is 5. The van der Waals surface area contributed by atoms with Crippen molar-refractivity contribution in [3.63, 3.8) is 0 Å². The molecule has 6 aliphatic heterocycles. The van der Waals surface area contributed by atoms with Gasteiger partial charge in [0.15, 0.2) is 17.0 Å². The summed E-state index contributed by atoms with van der Waals surface area (Å²) < 4.78 is 78.4. The van der Waals surface area contributed by atoms with Crippen LogP contribution < -0.4 is 16.8 Å². The van der Waals surface area contributed by atoms with Crippen LogP contribution in [0.15, 0.2) is 94.7 Å². The maximum Gasteiger partial charge on any atom is 0.407 e. The summed E-state index contributed by atoms with van der Waals surface area (Å²) in [6, 6.07) is 11.8. The maximum atomic E-state index is 14.8. The molecular formula is C96H140N12O22. The van der Waals surface area contributed by atoms with Crippen LogP contribution in [0, 0.1) is 35.5 Å². The minimum atomic E-state index is -2.47. The molecule has 3 amide bonds. The standard InChI is InChI=1S/C96H140N12O22/c1-60-16-12-11-13-17-61(2)80(118-8)53-74-24-19-66(7)96(117,130-74)89(113)92(114)107-30-15-14-18-76(107)93(115)127-81(54-77(109)62(3)47-65(6)87(112)88(120-10)86(111)64(5)46-60)63(4)48-67-21-25-79(82(50-67)119-9)129-95(116)99-29-35-122-39-40-123-36-32-104-57-73-52-72(104)58-105(73)33-37-124-41-43-126-45-44-125-42-38-121-34-28-83(110)106-31-27-69-49-68(20-22-71(69)56-106)55-108-91-84(90(97)100-59-101-91)85(103-108)70-23-26-78-75(51-70)102-94(98)128-78/h11-13,16-17,20,22-23,26,47,49,51,59-60,62-64,66-67,72-74,76-77,79-82,87-88,109,112,117H,14-15,18-19,21,24-25,27-46,48,50,52-58H2,1-10H3,(H2,98,102)(H,99,116)(H2,97,100,101)/b13-11+,16-12+,61-17+,65-47+/t60-,62-,63-,64-,66-,67+,72+,73+,74+,76+,77-,79-,80+,81+,82-,87-,88+,96-/m1/s1. The summed E-state index contributed by atoms with van der Waals surface area (Å²) in [6.07, 6.45) is 12.7. The Morgan fingerprint density at radius 1 is 0.715 bits per heavy atom. The van der Waals surface area contributed by atoms with Crippen LogP contribution in [-0.2, 0) is 100 Å². The first-order valence-corrected chi connectivity index (χ1v) is 46.8. The number of anilines is 2. The number of aliphatic hydroxyl groups is 3. The van der Waals surface area contributed by atoms with Gasteiger partial charge in [0.25, 0.3) is 17.7 Å². The number of Topliss-reactive ketones (excluding diaryl/α,β-unsaturated/α-hetero) is 2. The Hall–Kier alpha value is -8.56. The Kier molecular flexibility index (Phi) is 37.8. The third-order valence-corrected chi connectivity index (χ3v) is 27.1. The van der Waals surface area contributed by atoms with Crippen LogP contribution in [0.5, 0.6) is 0 Å². The molecule has 1 aliphatic carbocycles. The van der Waals surface area contributed by atoms with E-state index in [9.17, 15) is 44.1 Å². The van der Waals surface area contributed by atoms with E-state index in [2.05, 4.69) is 48.3 Å². The molecule has 130 heavy (non-hydrogen) atoms. The number of fused-ring (bicyclic) bond motifs is 8. The average molecular weight is 1810 g/mol. The highest BCUT2D eigenvalue weighted by Gasteiger charge is 2.54. The topological polar surface area (TPSA) is 421 Å². The van der Waals surface area contributed by atoms with Gasteiger partial charge < -0.3 is 103 Å². The number of nitrogens with zero attached hydrogens (tertiary/aromatic N) is 9. The summed E-state index contributed by atoms with van der Waals surface area (Å²) in [5.74, 6) is -7.48. The maximum absolute atomic E-state index is 14.8. The van der Waals surface area contributed by atoms with Crippen molar-refractivity contribution in [3.8, 4) is 11.3 Å². The number of carbonyl (C=O) groups excluding carboxylic acids is 6. The average Bonchev–Trinajstić information content (AvgIpc) is 1.18. The van der Waals surface area contributed by atoms with Crippen LogP contribution in [0.25, 0.3) is 33.4 Å². The van der Waals surface area contributed by atoms with Crippen LogP contribution in [-0.4, -0.2) is 314 Å². The van der Waals surface area contributed by atoms with Gasteiger partial charge in [-0.25, -0.2) is 24.2 Å². The molecule has 5 fully saturated rings. The number of aliphatic hydroxyl groups excluding tert-OH is 2. The summed E-state index contributed by atoms with van der Waals surface area (Å²) in [5.41, 5.74) is 20.1. The van der Waals surface area contributed by atoms with Crippen LogP contribution in [0.2, 0.25) is 0 Å². The Morgan fingerprint density at radius 2 is 1.42 bits per heavy atom. The molecule has 9 heterocycles. The van der Waals surface area contributed by atoms with Crippen molar-refractivity contribution in [2.75, 3.05) is 158 Å². The molecule has 2 aromatic carbocycles. The number of nitrogens with one attached hydrogen (secondary N) is 1. The Labute approximate surface area is 763 Å². The Bertz CT molecular complexity index is 4670. The SMILES string of the molecule is CO[C@H]1C[C@@H]2CC[C@@H](C)[C@@](O)(O2)C(=O)C(=O)N2CCCC[C@H]2C(=O)O[C@H]([C@H](C)C[C@@H]2CC[C@@H](OC(=O)NCCOCCOCCN3C[C@@H]4C[C@H]3CN4CCOCCOCCOCCOCCC(=O)N3CCc4cc(Cn5nc(-c6ccc7oc(N)nc7c6)c6c(N)ncnc65)ccc4C3)[C@H](OC)C2)C[C@@H](O)[C@H](C)/C=C(\C)[C@@H](O)[C@@H](OC)C(=O)[C@H](C)C[C@H](C)/C=C/C=C/C=C/1C. The number of nitrogen functional groups attached to an aromatic ring is 2. The van der Waals surface area contributed by atoms with E-state index < -0.39 is 102 Å². The number of alkyl carbamates (subject to hydrolysis) is 1. The zero-order chi connectivity index (χ0) is 92.5. The van der Waals surface area contributed by atoms with E-state index in [1.54, 1.807) is 47.1 Å². The number of nitrogens with two attached hydrogens (primary N) is 2. The smallest absolute Gasteiger partial charge is 0.407 e. The fraction of sp³-hybridized carbons (Fsp3) is 0.667. The third-order valence-electron chi connectivity index (χ3n) is 27.1. The quantitative estimate of drug-likeness (QED) is 0.00970. The molecule has 8 N–H and O–H groups in total. The van der Waals surface area contributed by atoms with Gasteiger partial charge in [-0.1, -0.05) is 89.3 Å². The minimum Gasteiger partial charge on any atom is -0.460 e. The highest BCUT2D eigenvalue weighted by atomic mass is 16.6. The highest BCUT2D eigenvalue weighted by Crippen LogP contribution is 2.41. The fourth-order valence-corrected chi connectivity index (χ4v) is 19.5. The normalized spacial score (nSPS) is 29.6. The Balaban J connectivity index is 0.496. The molecule has 12 rings (SSSR count). The number of oxazole rings is 1. The molecule has 34 nitrogen and oxygen atoms in total. The molecule has 1 saturated carbocycles. The second-order valence-electron chi connectivity index (χ2n) is 36.4. The van der Waals surface area contributed by atoms with E-state index >= 15 is 0 Å². The molecule has 4 bridgehead atoms. The number of hydrogen-bond acceptors (Lipinski definition) is 30. The number of ketones is 2. The lowest BCUT2D eigenvalue weighted by molar-refractivity contribution is -0.265. The molecule has 18 atom stereocenters. The predicted molar refractivity (Wildman–Crippen MR) is 485 cm³/mol. The van der Waals surface area contributed by atoms with Gasteiger partial charge in [0, 0.05) is 122 Å². The molecule has 716 valence electrons. The molecule has 0 spiro atoms. The van der Waals surface area contributed by atoms with Gasteiger partial charge in [-0.2, -0.15) is 10.1 Å². The van der Waals surface area contributed by atoms with E-state index in [4.69, 9.17) is 77.8 Å². The molecule has 7 aliphatic rings. The summed E-state index contributed by atoms with van der Waals surface area (Å²) in [6.45, 7) is 23.6. The van der Waals surface area contributed by atoms with E-state index in [1.807, 2.05) is 79.8 Å². The number of aromatic nitrogens is 5. The van der Waals surface area contributed by atoms with Crippen molar-refractivity contribution in [2.45, 2.75) is 231 Å². The lowest BCUT2D eigenvalue weighted by Gasteiger charge is -2.43. The van der Waals surface area contributed by atoms with Gasteiger partial charge in [0.2, 0.25) is 11.7 Å². The van der Waals surface area contributed by atoms with Gasteiger partial charge in [-0.05, 0) is 155 Å². The summed E-state index contributed by atoms with van der Waals surface area (Å²) in [4.78, 5) is 106. The predicted octanol–water partition coefficient (Wildman–Crippen LogP) is 8.70. The van der Waals surface area contributed by atoms with E-state index in [0.29, 0.717) is 208 Å². The molecule has 3 aromatic heterocycles.